The molecule has 0 unspecified atom stereocenters. The van der Waals surface area contributed by atoms with Gasteiger partial charge in [0.25, 0.3) is 0 Å². The first-order valence-corrected chi connectivity index (χ1v) is 6.45. The highest BCUT2D eigenvalue weighted by Gasteiger charge is 2.52. The Morgan fingerprint density at radius 3 is 2.79 bits per heavy atom. The standard InChI is InChI=1S/C12H18BNO4S/c1-6-16-10(15)9-14-8(7-19-9)13-17-11(2,3)12(4,5)18-13/h7H,6H2,1-5H3/i1D3,6D2,7D. The van der Waals surface area contributed by atoms with Crippen LogP contribution in [0.1, 0.15) is 52.6 Å². The van der Waals surface area contributed by atoms with Crippen LogP contribution in [0.4, 0.5) is 0 Å². The van der Waals surface area contributed by atoms with E-state index in [0.29, 0.717) is 11.3 Å². The molecule has 2 rings (SSSR count). The van der Waals surface area contributed by atoms with Crippen molar-refractivity contribution in [3.8, 4) is 0 Å². The molecule has 0 N–H and O–H groups in total. The third kappa shape index (κ3) is 2.68. The van der Waals surface area contributed by atoms with Crippen LogP contribution in [-0.2, 0) is 14.0 Å². The molecule has 5 nitrogen and oxygen atoms in total. The lowest BCUT2D eigenvalue weighted by Gasteiger charge is -2.32. The number of ether oxygens (including phenoxy) is 1. The molecule has 0 saturated carbocycles. The van der Waals surface area contributed by atoms with E-state index in [1.165, 1.54) is 0 Å². The minimum absolute atomic E-state index is 0.0602. The molecule has 1 aliphatic rings. The van der Waals surface area contributed by atoms with Gasteiger partial charge in [-0.3, -0.25) is 0 Å². The second-order valence-corrected chi connectivity index (χ2v) is 5.88. The average molecular weight is 289 g/mol. The first-order valence-electron chi connectivity index (χ1n) is 8.64. The maximum atomic E-state index is 12.0. The van der Waals surface area contributed by atoms with Crippen LogP contribution in [0.2, 0.25) is 0 Å². The van der Waals surface area contributed by atoms with Crippen molar-refractivity contribution in [2.45, 2.75) is 45.7 Å². The van der Waals surface area contributed by atoms with E-state index in [-0.39, 0.29) is 16.0 Å². The van der Waals surface area contributed by atoms with Crippen LogP contribution in [0.25, 0.3) is 0 Å². The van der Waals surface area contributed by atoms with Crippen LogP contribution >= 0.6 is 11.3 Å². The van der Waals surface area contributed by atoms with Crippen molar-refractivity contribution >= 4 is 30.0 Å². The van der Waals surface area contributed by atoms with Gasteiger partial charge in [0.15, 0.2) is 0 Å². The fourth-order valence-corrected chi connectivity index (χ4v) is 2.10. The Morgan fingerprint density at radius 2 is 2.21 bits per heavy atom. The van der Waals surface area contributed by atoms with E-state index in [1.54, 1.807) is 0 Å². The molecule has 1 saturated heterocycles. The molecule has 7 heteroatoms. The molecule has 19 heavy (non-hydrogen) atoms. The number of carbonyl (C=O) groups is 1. The molecule has 1 fully saturated rings. The predicted octanol–water partition coefficient (Wildman–Crippen LogP) is 1.62. The molecular formula is C12H18BNO4S. The van der Waals surface area contributed by atoms with E-state index in [0.717, 1.165) is 0 Å². The summed E-state index contributed by atoms with van der Waals surface area (Å²) < 4.78 is 59.7. The molecule has 0 bridgehead atoms. The van der Waals surface area contributed by atoms with E-state index >= 15 is 0 Å². The molecule has 1 aliphatic heterocycles. The number of carbonyl (C=O) groups excluding carboxylic acids is 1. The van der Waals surface area contributed by atoms with Crippen LogP contribution in [0, 0.1) is 0 Å². The highest BCUT2D eigenvalue weighted by molar-refractivity contribution is 7.12. The first-order chi connectivity index (χ1) is 11.1. The van der Waals surface area contributed by atoms with Crippen molar-refractivity contribution < 1.29 is 27.1 Å². The summed E-state index contributed by atoms with van der Waals surface area (Å²) in [6.45, 7) is 0.985. The number of rotatable bonds is 3. The van der Waals surface area contributed by atoms with Gasteiger partial charge in [-0.05, 0) is 34.5 Å². The fourth-order valence-electron chi connectivity index (χ4n) is 1.49. The SMILES string of the molecule is [2H]c1sc(C(=O)OC([2H])([2H])C([2H])([2H])[2H])nc1B1OC(C)(C)C(C)(C)O1. The zero-order valence-corrected chi connectivity index (χ0v) is 11.9. The summed E-state index contributed by atoms with van der Waals surface area (Å²) >= 11 is 0.632. The normalized spacial score (nSPS) is 26.6. The largest absolute Gasteiger partial charge is 0.515 e. The van der Waals surface area contributed by atoms with Gasteiger partial charge in [-0.25, -0.2) is 9.78 Å². The van der Waals surface area contributed by atoms with E-state index in [9.17, 15) is 4.79 Å². The van der Waals surface area contributed by atoms with Gasteiger partial charge in [-0.15, -0.1) is 11.3 Å². The van der Waals surface area contributed by atoms with Crippen molar-refractivity contribution in [3.05, 3.63) is 10.4 Å². The summed E-state index contributed by atoms with van der Waals surface area (Å²) in [5.74, 6) is -1.26. The molecule has 0 aliphatic carbocycles. The van der Waals surface area contributed by atoms with Crippen molar-refractivity contribution in [1.82, 2.24) is 4.98 Å². The van der Waals surface area contributed by atoms with Gasteiger partial charge < -0.3 is 14.0 Å². The molecule has 1 aromatic heterocycles. The van der Waals surface area contributed by atoms with Gasteiger partial charge in [0.2, 0.25) is 5.01 Å². The number of aromatic nitrogens is 1. The van der Waals surface area contributed by atoms with E-state index in [4.69, 9.17) is 17.5 Å². The van der Waals surface area contributed by atoms with E-state index in [1.807, 2.05) is 27.7 Å². The molecule has 0 aromatic carbocycles. The smallest absolute Gasteiger partial charge is 0.461 e. The summed E-state index contributed by atoms with van der Waals surface area (Å²) in [6.07, 6.45) is 0. The average Bonchev–Trinajstić information content (AvgIpc) is 2.86. The summed E-state index contributed by atoms with van der Waals surface area (Å²) in [7, 11) is -0.963. The molecule has 0 amide bonds. The summed E-state index contributed by atoms with van der Waals surface area (Å²) in [6, 6.07) is 0. The second-order valence-electron chi connectivity index (χ2n) is 5.09. The van der Waals surface area contributed by atoms with Gasteiger partial charge in [0.1, 0.15) is 0 Å². The molecular weight excluding hydrogens is 265 g/mol. The summed E-state index contributed by atoms with van der Waals surface area (Å²) in [5.41, 5.74) is -1.26. The number of hydrogen-bond acceptors (Lipinski definition) is 6. The molecule has 2 heterocycles. The van der Waals surface area contributed by atoms with Gasteiger partial charge in [0.05, 0.1) is 27.5 Å². The maximum Gasteiger partial charge on any atom is 0.515 e. The van der Waals surface area contributed by atoms with Crippen molar-refractivity contribution in [2.24, 2.45) is 0 Å². The summed E-state index contributed by atoms with van der Waals surface area (Å²) in [5, 5.41) is -0.456. The molecule has 0 radical (unpaired) electrons. The number of esters is 1. The zero-order chi connectivity index (χ0) is 19.4. The number of hydrogen-bond donors (Lipinski definition) is 0. The van der Waals surface area contributed by atoms with Crippen LogP contribution in [0.5, 0.6) is 0 Å². The number of thiazole rings is 1. The number of nitrogens with zero attached hydrogens (tertiary/aromatic N) is 1. The maximum absolute atomic E-state index is 12.0. The van der Waals surface area contributed by atoms with Gasteiger partial charge in [-0.1, -0.05) is 0 Å². The van der Waals surface area contributed by atoms with Crippen molar-refractivity contribution in [2.75, 3.05) is 6.56 Å². The van der Waals surface area contributed by atoms with Crippen molar-refractivity contribution in [1.29, 1.82) is 0 Å². The first kappa shape index (κ1) is 8.39. The highest BCUT2D eigenvalue weighted by Crippen LogP contribution is 2.36. The lowest BCUT2D eigenvalue weighted by Crippen LogP contribution is -2.41. The Kier molecular flexibility index (Phi) is 2.16. The van der Waals surface area contributed by atoms with Crippen LogP contribution in [-0.4, -0.2) is 35.8 Å². The monoisotopic (exact) mass is 289 g/mol. The third-order valence-corrected chi connectivity index (χ3v) is 4.03. The fraction of sp³-hybridized carbons (Fsp3) is 0.667. The Labute approximate surface area is 125 Å². The van der Waals surface area contributed by atoms with Crippen LogP contribution in [0.15, 0.2) is 5.36 Å². The quantitative estimate of drug-likeness (QED) is 0.625. The summed E-state index contributed by atoms with van der Waals surface area (Å²) in [4.78, 5) is 16.0. The minimum Gasteiger partial charge on any atom is -0.461 e. The minimum atomic E-state index is -3.16. The van der Waals surface area contributed by atoms with E-state index in [2.05, 4.69) is 9.72 Å². The lowest BCUT2D eigenvalue weighted by molar-refractivity contribution is 0.00578. The van der Waals surface area contributed by atoms with Crippen LogP contribution < -0.4 is 5.59 Å². The molecule has 0 spiro atoms. The molecule has 0 atom stereocenters. The lowest BCUT2D eigenvalue weighted by atomic mass is 9.86. The van der Waals surface area contributed by atoms with E-state index < -0.39 is 37.7 Å². The zero-order valence-electron chi connectivity index (χ0n) is 17.1. The third-order valence-electron chi connectivity index (χ3n) is 3.27. The van der Waals surface area contributed by atoms with Gasteiger partial charge in [0, 0.05) is 9.47 Å². The Bertz CT molecular complexity index is 674. The Balaban J connectivity index is 2.23. The Hall–Kier alpha value is -0.915. The second kappa shape index (κ2) is 4.88. The highest BCUT2D eigenvalue weighted by atomic mass is 32.1. The molecule has 104 valence electrons. The predicted molar refractivity (Wildman–Crippen MR) is 73.8 cm³/mol. The topological polar surface area (TPSA) is 57.7 Å². The molecule has 1 aromatic rings. The Morgan fingerprint density at radius 1 is 1.58 bits per heavy atom. The van der Waals surface area contributed by atoms with Gasteiger partial charge in [-0.2, -0.15) is 0 Å². The van der Waals surface area contributed by atoms with Gasteiger partial charge >= 0.3 is 13.1 Å². The van der Waals surface area contributed by atoms with Crippen LogP contribution in [0.3, 0.4) is 0 Å². The van der Waals surface area contributed by atoms with Crippen molar-refractivity contribution in [3.63, 3.8) is 0 Å².